The van der Waals surface area contributed by atoms with Crippen LogP contribution in [0.2, 0.25) is 0 Å². The zero-order valence-corrected chi connectivity index (χ0v) is 13.2. The lowest BCUT2D eigenvalue weighted by molar-refractivity contribution is -0.136. The van der Waals surface area contributed by atoms with Crippen molar-refractivity contribution in [3.8, 4) is 5.75 Å². The predicted octanol–water partition coefficient (Wildman–Crippen LogP) is 2.82. The number of aryl methyl sites for hydroxylation is 2. The smallest absolute Gasteiger partial charge is 0.307 e. The number of anilines is 1. The van der Waals surface area contributed by atoms with Gasteiger partial charge in [-0.3, -0.25) is 9.59 Å². The predicted molar refractivity (Wildman–Crippen MR) is 90.4 cm³/mol. The number of carboxylic acid groups (broad SMARTS) is 1. The van der Waals surface area contributed by atoms with E-state index in [9.17, 15) is 9.59 Å². The first-order valence-electron chi connectivity index (χ1n) is 7.95. The maximum atomic E-state index is 12.0. The number of ether oxygens (including phenoxy) is 1. The van der Waals surface area contributed by atoms with Crippen molar-refractivity contribution < 1.29 is 19.4 Å². The van der Waals surface area contributed by atoms with E-state index in [4.69, 9.17) is 9.84 Å². The van der Waals surface area contributed by atoms with Crippen molar-refractivity contribution in [3.63, 3.8) is 0 Å². The van der Waals surface area contributed by atoms with Crippen molar-refractivity contribution in [3.05, 3.63) is 59.2 Å². The number of hydrogen-bond donors (Lipinski definition) is 2. The second-order valence-corrected chi connectivity index (χ2v) is 5.89. The zero-order chi connectivity index (χ0) is 16.9. The van der Waals surface area contributed by atoms with Crippen molar-refractivity contribution in [1.29, 1.82) is 0 Å². The molecule has 2 aromatic rings. The quantitative estimate of drug-likeness (QED) is 0.856. The number of carboxylic acids is 1. The summed E-state index contributed by atoms with van der Waals surface area (Å²) in [5.74, 6) is -0.418. The summed E-state index contributed by atoms with van der Waals surface area (Å²) in [4.78, 5) is 22.6. The van der Waals surface area contributed by atoms with Gasteiger partial charge in [0.05, 0.1) is 6.42 Å². The molecular weight excluding hydrogens is 306 g/mol. The van der Waals surface area contributed by atoms with E-state index < -0.39 is 5.97 Å². The van der Waals surface area contributed by atoms with Gasteiger partial charge in [-0.25, -0.2) is 0 Å². The Labute approximate surface area is 140 Å². The number of benzene rings is 2. The molecule has 0 unspecified atom stereocenters. The van der Waals surface area contributed by atoms with E-state index in [1.165, 1.54) is 17.5 Å². The van der Waals surface area contributed by atoms with Crippen LogP contribution >= 0.6 is 0 Å². The Morgan fingerprint density at radius 1 is 1.04 bits per heavy atom. The third-order valence-corrected chi connectivity index (χ3v) is 4.03. The number of nitrogens with one attached hydrogen (secondary N) is 1. The molecule has 0 fully saturated rings. The van der Waals surface area contributed by atoms with Crippen molar-refractivity contribution in [2.75, 3.05) is 11.9 Å². The average molecular weight is 325 g/mol. The summed E-state index contributed by atoms with van der Waals surface area (Å²) in [6.07, 6.45) is 3.34. The van der Waals surface area contributed by atoms with E-state index in [-0.39, 0.29) is 18.9 Å². The molecule has 2 N–H and O–H groups in total. The highest BCUT2D eigenvalue weighted by Crippen LogP contribution is 2.26. The number of amides is 1. The van der Waals surface area contributed by atoms with Gasteiger partial charge in [-0.2, -0.15) is 0 Å². The summed E-state index contributed by atoms with van der Waals surface area (Å²) in [7, 11) is 0. The fourth-order valence-electron chi connectivity index (χ4n) is 2.86. The topological polar surface area (TPSA) is 75.6 Å². The normalized spacial score (nSPS) is 12.5. The van der Waals surface area contributed by atoms with Crippen molar-refractivity contribution in [2.45, 2.75) is 25.7 Å². The largest absolute Gasteiger partial charge is 0.484 e. The molecule has 0 heterocycles. The van der Waals surface area contributed by atoms with Gasteiger partial charge in [-0.05, 0) is 60.2 Å². The second kappa shape index (κ2) is 7.17. The summed E-state index contributed by atoms with van der Waals surface area (Å²) in [5, 5.41) is 11.5. The Morgan fingerprint density at radius 3 is 2.54 bits per heavy atom. The number of hydrogen-bond acceptors (Lipinski definition) is 3. The van der Waals surface area contributed by atoms with Crippen LogP contribution in [0.4, 0.5) is 5.69 Å². The van der Waals surface area contributed by atoms with Gasteiger partial charge in [-0.1, -0.05) is 18.2 Å². The monoisotopic (exact) mass is 325 g/mol. The molecule has 5 heteroatoms. The lowest BCUT2D eigenvalue weighted by atomic mass is 10.1. The zero-order valence-electron chi connectivity index (χ0n) is 13.2. The Kier molecular flexibility index (Phi) is 4.79. The summed E-state index contributed by atoms with van der Waals surface area (Å²) in [5.41, 5.74) is 3.98. The molecule has 0 saturated heterocycles. The summed E-state index contributed by atoms with van der Waals surface area (Å²) in [6.45, 7) is -0.0599. The highest BCUT2D eigenvalue weighted by molar-refractivity contribution is 5.91. The van der Waals surface area contributed by atoms with Gasteiger partial charge in [0.2, 0.25) is 0 Å². The third kappa shape index (κ3) is 4.13. The number of aliphatic carboxylic acids is 1. The molecule has 0 atom stereocenters. The molecule has 0 radical (unpaired) electrons. The minimum Gasteiger partial charge on any atom is -0.484 e. The van der Waals surface area contributed by atoms with Crippen LogP contribution in [0.1, 0.15) is 23.1 Å². The fraction of sp³-hybridized carbons (Fsp3) is 0.263. The maximum Gasteiger partial charge on any atom is 0.307 e. The summed E-state index contributed by atoms with van der Waals surface area (Å²) < 4.78 is 5.55. The van der Waals surface area contributed by atoms with Gasteiger partial charge in [0.1, 0.15) is 5.75 Å². The Morgan fingerprint density at radius 2 is 1.79 bits per heavy atom. The number of rotatable bonds is 6. The lowest BCUT2D eigenvalue weighted by Crippen LogP contribution is -2.20. The lowest BCUT2D eigenvalue weighted by Gasteiger charge is -2.09. The molecule has 2 aromatic carbocycles. The molecule has 0 saturated carbocycles. The molecule has 3 rings (SSSR count). The molecule has 1 aliphatic carbocycles. The first kappa shape index (κ1) is 16.1. The van der Waals surface area contributed by atoms with Crippen LogP contribution in [0.5, 0.6) is 5.75 Å². The van der Waals surface area contributed by atoms with Gasteiger partial charge in [0.25, 0.3) is 5.91 Å². The van der Waals surface area contributed by atoms with Gasteiger partial charge in [0.15, 0.2) is 6.61 Å². The molecule has 0 spiro atoms. The van der Waals surface area contributed by atoms with E-state index in [0.717, 1.165) is 12.8 Å². The van der Waals surface area contributed by atoms with Crippen LogP contribution in [0, 0.1) is 0 Å². The van der Waals surface area contributed by atoms with Crippen LogP contribution in [0.3, 0.4) is 0 Å². The molecule has 24 heavy (non-hydrogen) atoms. The molecule has 0 aromatic heterocycles. The maximum absolute atomic E-state index is 12.0. The molecule has 1 aliphatic rings. The number of carbonyl (C=O) groups is 2. The van der Waals surface area contributed by atoms with Crippen molar-refractivity contribution in [2.24, 2.45) is 0 Å². The minimum absolute atomic E-state index is 0.0321. The second-order valence-electron chi connectivity index (χ2n) is 5.89. The summed E-state index contributed by atoms with van der Waals surface area (Å²) >= 11 is 0. The van der Waals surface area contributed by atoms with Crippen molar-refractivity contribution >= 4 is 17.6 Å². The van der Waals surface area contributed by atoms with E-state index in [1.54, 1.807) is 24.3 Å². The molecular formula is C19H19NO4. The third-order valence-electron chi connectivity index (χ3n) is 4.03. The highest BCUT2D eigenvalue weighted by atomic mass is 16.5. The molecule has 124 valence electrons. The van der Waals surface area contributed by atoms with Gasteiger partial charge >= 0.3 is 5.97 Å². The summed E-state index contributed by atoms with van der Waals surface area (Å²) in [6, 6.07) is 12.7. The van der Waals surface area contributed by atoms with Gasteiger partial charge in [0, 0.05) is 5.69 Å². The number of fused-ring (bicyclic) bond motifs is 1. The fourth-order valence-corrected chi connectivity index (χ4v) is 2.86. The molecule has 5 nitrogen and oxygen atoms in total. The van der Waals surface area contributed by atoms with Gasteiger partial charge < -0.3 is 15.2 Å². The molecule has 1 amide bonds. The van der Waals surface area contributed by atoms with E-state index in [1.807, 2.05) is 12.1 Å². The average Bonchev–Trinajstić information content (AvgIpc) is 3.02. The number of carbonyl (C=O) groups excluding carboxylic acids is 1. The SMILES string of the molecule is O=C(O)Cc1ccc(NC(=O)COc2ccc3c(c2)CCC3)cc1. The van der Waals surface area contributed by atoms with Crippen LogP contribution in [-0.2, 0) is 28.9 Å². The molecule has 0 aliphatic heterocycles. The molecule has 0 bridgehead atoms. The highest BCUT2D eigenvalue weighted by Gasteiger charge is 2.12. The Bertz CT molecular complexity index is 752. The van der Waals surface area contributed by atoms with E-state index in [0.29, 0.717) is 17.0 Å². The Balaban J connectivity index is 1.51. The first-order chi connectivity index (χ1) is 11.6. The van der Waals surface area contributed by atoms with E-state index >= 15 is 0 Å². The Hall–Kier alpha value is -2.82. The van der Waals surface area contributed by atoms with Crippen LogP contribution in [0.25, 0.3) is 0 Å². The minimum atomic E-state index is -0.880. The van der Waals surface area contributed by atoms with Crippen LogP contribution in [0.15, 0.2) is 42.5 Å². The van der Waals surface area contributed by atoms with E-state index in [2.05, 4.69) is 11.4 Å². The standard InChI is InChI=1S/C19H19NO4/c21-18(20-16-7-4-13(5-8-16)10-19(22)23)12-24-17-9-6-14-2-1-3-15(14)11-17/h4-9,11H,1-3,10,12H2,(H,20,21)(H,22,23). The first-order valence-corrected chi connectivity index (χ1v) is 7.95. The van der Waals surface area contributed by atoms with Crippen LogP contribution < -0.4 is 10.1 Å². The van der Waals surface area contributed by atoms with Crippen LogP contribution in [-0.4, -0.2) is 23.6 Å². The van der Waals surface area contributed by atoms with Gasteiger partial charge in [-0.15, -0.1) is 0 Å². The van der Waals surface area contributed by atoms with Crippen molar-refractivity contribution in [1.82, 2.24) is 0 Å².